The van der Waals surface area contributed by atoms with E-state index in [1.807, 2.05) is 72.8 Å². The van der Waals surface area contributed by atoms with Crippen LogP contribution >= 0.6 is 0 Å². The van der Waals surface area contributed by atoms with E-state index in [-0.39, 0.29) is 13.8 Å². The van der Waals surface area contributed by atoms with Crippen molar-refractivity contribution in [1.29, 1.82) is 0 Å². The third-order valence-electron chi connectivity index (χ3n) is 6.47. The molecule has 0 aliphatic rings. The quantitative estimate of drug-likeness (QED) is 0.239. The van der Waals surface area contributed by atoms with Crippen molar-refractivity contribution in [2.45, 2.75) is 0 Å². The van der Waals surface area contributed by atoms with Gasteiger partial charge >= 0.3 is 13.8 Å². The molecule has 4 aromatic rings. The molecule has 0 aliphatic carbocycles. The van der Waals surface area contributed by atoms with Crippen molar-refractivity contribution in [2.24, 2.45) is 0 Å². The molecule has 4 aromatic carbocycles. The zero-order valence-corrected chi connectivity index (χ0v) is 23.5. The molecule has 0 spiro atoms. The Balaban J connectivity index is 1.68. The normalized spacial score (nSPS) is 11.1. The molecule has 0 unspecified atom stereocenters. The summed E-state index contributed by atoms with van der Waals surface area (Å²) in [5, 5.41) is 0. The van der Waals surface area contributed by atoms with E-state index >= 15 is 0 Å². The zero-order valence-electron chi connectivity index (χ0n) is 23.5. The van der Waals surface area contributed by atoms with Crippen molar-refractivity contribution in [1.82, 2.24) is 9.80 Å². The number of likely N-dealkylation sites (N-methyl/N-ethyl adjacent to an activating group) is 2. The molecule has 0 heterocycles. The van der Waals surface area contributed by atoms with E-state index in [1.54, 1.807) is 0 Å². The summed E-state index contributed by atoms with van der Waals surface area (Å²) in [4.78, 5) is 4.25. The average Bonchev–Trinajstić information content (AvgIpc) is 2.95. The van der Waals surface area contributed by atoms with Crippen molar-refractivity contribution in [3.63, 3.8) is 0 Å². The van der Waals surface area contributed by atoms with Crippen LogP contribution in [0.25, 0.3) is 0 Å². The summed E-state index contributed by atoms with van der Waals surface area (Å²) in [6.45, 7) is 2.36. The molecule has 0 saturated carbocycles. The molecule has 39 heavy (non-hydrogen) atoms. The van der Waals surface area contributed by atoms with Crippen LogP contribution in [0.3, 0.4) is 0 Å². The minimum Gasteiger partial charge on any atom is -0.458 e. The molecule has 5 nitrogen and oxygen atoms in total. The van der Waals surface area contributed by atoms with Gasteiger partial charge in [-0.2, -0.15) is 0 Å². The predicted molar refractivity (Wildman–Crippen MR) is 165 cm³/mol. The van der Waals surface area contributed by atoms with Crippen LogP contribution in [0, 0.1) is 0 Å². The number of ether oxygens (including phenoxy) is 1. The summed E-state index contributed by atoms with van der Waals surface area (Å²) in [5.41, 5.74) is 4.16. The highest BCUT2D eigenvalue weighted by atomic mass is 16.5. The monoisotopic (exact) mass is 520 g/mol. The first-order chi connectivity index (χ1) is 19.0. The number of hydrogen-bond acceptors (Lipinski definition) is 5. The summed E-state index contributed by atoms with van der Waals surface area (Å²) >= 11 is 0. The summed E-state index contributed by atoms with van der Waals surface area (Å²) in [7, 11) is 8.22. The van der Waals surface area contributed by atoms with Gasteiger partial charge < -0.3 is 23.8 Å². The molecule has 0 fully saturated rings. The Morgan fingerprint density at radius 3 is 1.23 bits per heavy atom. The van der Waals surface area contributed by atoms with Crippen LogP contribution in [0.2, 0.25) is 0 Å². The first kappa shape index (κ1) is 28.7. The van der Waals surface area contributed by atoms with Crippen molar-refractivity contribution in [2.75, 3.05) is 54.5 Å². The van der Waals surface area contributed by atoms with Gasteiger partial charge in [-0.1, -0.05) is 97.1 Å². The highest BCUT2D eigenvalue weighted by Crippen LogP contribution is 2.20. The van der Waals surface area contributed by atoms with Gasteiger partial charge in [-0.15, -0.1) is 0 Å². The summed E-state index contributed by atoms with van der Waals surface area (Å²) < 4.78 is 19.7. The first-order valence-corrected chi connectivity index (χ1v) is 13.5. The summed E-state index contributed by atoms with van der Waals surface area (Å²) in [6.07, 6.45) is 0. The lowest BCUT2D eigenvalue weighted by atomic mass is 9.54. The SMILES string of the molecule is CN(C)CCOB(c1ccccc1)c1ccccc1Oc1ccccc1B(OCCN(C)C)c1ccccc1. The molecule has 200 valence electrons. The molecule has 0 bridgehead atoms. The number of para-hydroxylation sites is 2. The second kappa shape index (κ2) is 14.7. The van der Waals surface area contributed by atoms with Gasteiger partial charge in [0.15, 0.2) is 0 Å². The molecule has 0 aromatic heterocycles. The number of rotatable bonds is 14. The minimum atomic E-state index is -0.254. The van der Waals surface area contributed by atoms with Gasteiger partial charge in [-0.25, -0.2) is 0 Å². The fourth-order valence-electron chi connectivity index (χ4n) is 4.39. The zero-order chi connectivity index (χ0) is 27.5. The van der Waals surface area contributed by atoms with Crippen LogP contribution in [0.15, 0.2) is 109 Å². The molecule has 0 atom stereocenters. The van der Waals surface area contributed by atoms with E-state index in [1.165, 1.54) is 0 Å². The van der Waals surface area contributed by atoms with Gasteiger partial charge in [0, 0.05) is 26.3 Å². The topological polar surface area (TPSA) is 34.2 Å². The Morgan fingerprint density at radius 1 is 0.487 bits per heavy atom. The van der Waals surface area contributed by atoms with Gasteiger partial charge in [-0.05, 0) is 62.2 Å². The smallest absolute Gasteiger partial charge is 0.365 e. The van der Waals surface area contributed by atoms with E-state index in [2.05, 4.69) is 74.4 Å². The van der Waals surface area contributed by atoms with Crippen LogP contribution in [0.5, 0.6) is 11.5 Å². The second-order valence-corrected chi connectivity index (χ2v) is 10.1. The second-order valence-electron chi connectivity index (χ2n) is 10.1. The van der Waals surface area contributed by atoms with Crippen LogP contribution in [-0.2, 0) is 9.31 Å². The third-order valence-corrected chi connectivity index (χ3v) is 6.47. The lowest BCUT2D eigenvalue weighted by Gasteiger charge is -2.22. The van der Waals surface area contributed by atoms with Gasteiger partial charge in [-0.3, -0.25) is 0 Å². The maximum Gasteiger partial charge on any atom is 0.365 e. The van der Waals surface area contributed by atoms with Gasteiger partial charge in [0.2, 0.25) is 0 Å². The molecule has 0 aliphatic heterocycles. The van der Waals surface area contributed by atoms with E-state index in [0.29, 0.717) is 13.2 Å². The van der Waals surface area contributed by atoms with E-state index in [0.717, 1.165) is 46.4 Å². The maximum atomic E-state index is 6.72. The molecule has 0 N–H and O–H groups in total. The first-order valence-electron chi connectivity index (χ1n) is 13.5. The Kier molecular flexibility index (Phi) is 10.8. The summed E-state index contributed by atoms with van der Waals surface area (Å²) in [5.74, 6) is 1.53. The van der Waals surface area contributed by atoms with Crippen molar-refractivity contribution < 1.29 is 14.0 Å². The molecule has 0 radical (unpaired) electrons. The molecule has 0 saturated heterocycles. The standard InChI is InChI=1S/C32H38B2N2O3/c1-35(2)23-25-37-33(27-15-7-5-8-16-27)29-19-11-13-21-31(29)39-32-22-14-12-20-30(32)34(38-26-24-36(3)4)28-17-9-6-10-18-28/h5-22H,23-26H2,1-4H3. The van der Waals surface area contributed by atoms with Gasteiger partial charge in [0.1, 0.15) is 11.5 Å². The van der Waals surface area contributed by atoms with Crippen molar-refractivity contribution in [3.05, 3.63) is 109 Å². The number of hydrogen-bond donors (Lipinski definition) is 0. The largest absolute Gasteiger partial charge is 0.458 e. The van der Waals surface area contributed by atoms with Crippen molar-refractivity contribution in [3.8, 4) is 11.5 Å². The van der Waals surface area contributed by atoms with Crippen LogP contribution in [0.1, 0.15) is 0 Å². The molecule has 4 rings (SSSR count). The van der Waals surface area contributed by atoms with E-state index < -0.39 is 0 Å². The minimum absolute atomic E-state index is 0.254. The Labute approximate surface area is 234 Å². The maximum absolute atomic E-state index is 6.72. The average molecular weight is 520 g/mol. The Bertz CT molecular complexity index is 1170. The summed E-state index contributed by atoms with van der Waals surface area (Å²) in [6, 6.07) is 37.0. The van der Waals surface area contributed by atoms with E-state index in [9.17, 15) is 0 Å². The van der Waals surface area contributed by atoms with Crippen LogP contribution in [-0.4, -0.2) is 78.1 Å². The fraction of sp³-hybridized carbons (Fsp3) is 0.250. The third kappa shape index (κ3) is 8.32. The van der Waals surface area contributed by atoms with Crippen LogP contribution in [0.4, 0.5) is 0 Å². The number of nitrogens with zero attached hydrogens (tertiary/aromatic N) is 2. The van der Waals surface area contributed by atoms with Crippen LogP contribution < -0.4 is 26.6 Å². The fourth-order valence-corrected chi connectivity index (χ4v) is 4.39. The molecular formula is C32H38B2N2O3. The van der Waals surface area contributed by atoms with Gasteiger partial charge in [0.25, 0.3) is 0 Å². The molecule has 0 amide bonds. The Morgan fingerprint density at radius 2 is 0.846 bits per heavy atom. The Hall–Kier alpha value is -3.35. The molecular weight excluding hydrogens is 482 g/mol. The predicted octanol–water partition coefficient (Wildman–Crippen LogP) is 2.85. The van der Waals surface area contributed by atoms with Crippen molar-refractivity contribution >= 4 is 35.7 Å². The van der Waals surface area contributed by atoms with E-state index in [4.69, 9.17) is 14.0 Å². The number of benzene rings is 4. The lowest BCUT2D eigenvalue weighted by Crippen LogP contribution is -2.47. The molecule has 7 heteroatoms. The lowest BCUT2D eigenvalue weighted by molar-refractivity contribution is 0.269. The van der Waals surface area contributed by atoms with Gasteiger partial charge in [0.05, 0.1) is 0 Å². The highest BCUT2D eigenvalue weighted by molar-refractivity contribution is 6.81. The highest BCUT2D eigenvalue weighted by Gasteiger charge is 2.28.